The maximum Gasteiger partial charge on any atom is 0.325 e. The summed E-state index contributed by atoms with van der Waals surface area (Å²) in [4.78, 5) is 98.1. The van der Waals surface area contributed by atoms with E-state index in [2.05, 4.69) is 46.3 Å². The first-order chi connectivity index (χ1) is 36.9. The zero-order valence-electron chi connectivity index (χ0n) is 47.5. The third kappa shape index (κ3) is 14.8. The molecule has 1 saturated carbocycles. The van der Waals surface area contributed by atoms with Crippen molar-refractivity contribution in [2.45, 2.75) is 200 Å². The fourth-order valence-electron chi connectivity index (χ4n) is 11.6. The number of nitrogens with zero attached hydrogens (tertiary/aromatic N) is 1. The number of piperidine rings is 1. The molecule has 6 rings (SSSR count). The number of amides is 4. The number of carbonyl (C=O) groups excluding carboxylic acids is 6. The quantitative estimate of drug-likeness (QED) is 0.0637. The molecule has 3 unspecified atom stereocenters. The van der Waals surface area contributed by atoms with Gasteiger partial charge >= 0.3 is 5.97 Å². The first-order valence-electron chi connectivity index (χ1n) is 28.4. The lowest BCUT2D eigenvalue weighted by Crippen LogP contribution is -2.64. The van der Waals surface area contributed by atoms with Crippen LogP contribution in [0, 0.1) is 41.4 Å². The maximum absolute atomic E-state index is 14.9. The number of aliphatic hydroxyl groups is 3. The molecule has 1 aliphatic carbocycles. The number of H-pyrrole nitrogens is 1. The van der Waals surface area contributed by atoms with Crippen LogP contribution in [0.1, 0.15) is 151 Å². The predicted octanol–water partition coefficient (Wildman–Crippen LogP) is 5.65. The molecule has 1 aromatic rings. The summed E-state index contributed by atoms with van der Waals surface area (Å²) < 4.78 is 13.0. The van der Waals surface area contributed by atoms with Gasteiger partial charge in [0.25, 0.3) is 5.91 Å². The fourth-order valence-corrected chi connectivity index (χ4v) is 11.6. The number of nitrogens with one attached hydrogen (secondary N) is 5. The highest BCUT2D eigenvalue weighted by Gasteiger charge is 2.64. The summed E-state index contributed by atoms with van der Waals surface area (Å²) in [5.41, 5.74) is 2.36. The lowest BCUT2D eigenvalue weighted by atomic mass is 9.75. The Morgan fingerprint density at radius 2 is 1.73 bits per heavy atom. The van der Waals surface area contributed by atoms with E-state index in [0.29, 0.717) is 37.8 Å². The number of cyclic esters (lactones) is 1. The minimum absolute atomic E-state index is 0.00697. The summed E-state index contributed by atoms with van der Waals surface area (Å²) in [5.74, 6) is -5.97. The second-order valence-electron chi connectivity index (χ2n) is 23.4. The third-order valence-electron chi connectivity index (χ3n) is 17.1. The number of hydrogen-bond donors (Lipinski definition) is 8. The number of fused-ring (bicyclic) bond motifs is 2. The second-order valence-corrected chi connectivity index (χ2v) is 23.4. The Labute approximate surface area is 460 Å². The molecule has 2 bridgehead atoms. The van der Waals surface area contributed by atoms with E-state index in [4.69, 9.17) is 9.47 Å². The Morgan fingerprint density at radius 3 is 2.42 bits per heavy atom. The average molecular weight is 1090 g/mol. The van der Waals surface area contributed by atoms with Gasteiger partial charge < -0.3 is 50.5 Å². The largest absolute Gasteiger partial charge is 0.456 e. The van der Waals surface area contributed by atoms with Gasteiger partial charge in [-0.15, -0.1) is 0 Å². The van der Waals surface area contributed by atoms with E-state index >= 15 is 0 Å². The lowest BCUT2D eigenvalue weighted by molar-refractivity contribution is -0.179. The van der Waals surface area contributed by atoms with Crippen LogP contribution in [-0.2, 0) is 38.2 Å². The van der Waals surface area contributed by atoms with Gasteiger partial charge in [0.15, 0.2) is 5.72 Å². The van der Waals surface area contributed by atoms with Crippen LogP contribution in [0.2, 0.25) is 0 Å². The van der Waals surface area contributed by atoms with E-state index in [1.165, 1.54) is 24.1 Å². The van der Waals surface area contributed by atoms with Gasteiger partial charge in [0.05, 0.1) is 30.3 Å². The Kier molecular flexibility index (Phi) is 21.4. The SMILES string of the molecule is CC[C@H]1C[C@H](C)[C@@]2(NC1=O)O[C@@H](C[C@H](O)[C@@H](C)CC/C=C/C=C(\C)[C@@H]1C/C=C/C=C/[C@H](O)[C@H](C)[C@@H](O)[C@@H](CCC(C)=O)C(=O)N[C@@H](C(C)C)C(=O)NC3(CC3c3cccc(=O)[nH]3)C(=O)N3CCCC(N3)C(=O)O1)[C@H](C)C=C2C. The normalized spacial score (nSPS) is 35.4. The number of allylic oxidation sites excluding steroid dienone is 5. The lowest BCUT2D eigenvalue weighted by Gasteiger charge is -2.51. The number of rotatable bonds is 14. The van der Waals surface area contributed by atoms with Gasteiger partial charge in [-0.3, -0.25) is 33.8 Å². The van der Waals surface area contributed by atoms with E-state index in [9.17, 15) is 48.9 Å². The summed E-state index contributed by atoms with van der Waals surface area (Å²) in [5, 5.41) is 44.6. The average Bonchev–Trinajstić information content (AvgIpc) is 4.25. The van der Waals surface area contributed by atoms with Gasteiger partial charge in [0.1, 0.15) is 29.5 Å². The molecule has 18 heteroatoms. The summed E-state index contributed by atoms with van der Waals surface area (Å²) >= 11 is 0. The number of aromatic nitrogens is 1. The molecule has 2 spiro atoms. The monoisotopic (exact) mass is 1080 g/mol. The Bertz CT molecular complexity index is 2540. The number of Topliss-reactive ketones (excluding diaryl/α,β-unsaturated/α-hetero) is 1. The number of hydrazine groups is 1. The molecular weight excluding hydrogens is 997 g/mol. The van der Waals surface area contributed by atoms with Crippen LogP contribution in [0.25, 0.3) is 0 Å². The second kappa shape index (κ2) is 27.1. The van der Waals surface area contributed by atoms with Crippen molar-refractivity contribution in [1.29, 1.82) is 0 Å². The molecular formula is C60H88N6O12. The molecule has 4 amide bonds. The molecule has 1 aromatic heterocycles. The molecule has 5 heterocycles. The molecule has 16 atom stereocenters. The Balaban J connectivity index is 1.20. The van der Waals surface area contributed by atoms with Crippen molar-refractivity contribution in [3.8, 4) is 0 Å². The highest BCUT2D eigenvalue weighted by atomic mass is 16.5. The number of aromatic amines is 1. The highest BCUT2D eigenvalue weighted by molar-refractivity contribution is 5.98. The van der Waals surface area contributed by atoms with Crippen molar-refractivity contribution >= 4 is 35.4 Å². The van der Waals surface area contributed by atoms with Crippen LogP contribution in [0.3, 0.4) is 0 Å². The van der Waals surface area contributed by atoms with Crippen LogP contribution in [-0.4, -0.2) is 121 Å². The minimum atomic E-state index is -1.59. The first-order valence-corrected chi connectivity index (χ1v) is 28.4. The van der Waals surface area contributed by atoms with E-state index in [1.54, 1.807) is 51.1 Å². The molecule has 2 saturated heterocycles. The van der Waals surface area contributed by atoms with E-state index in [-0.39, 0.29) is 73.7 Å². The number of carbonyl (C=O) groups is 6. The molecule has 0 aromatic carbocycles. The fraction of sp³-hybridized carbons (Fsp3) is 0.650. The van der Waals surface area contributed by atoms with Gasteiger partial charge in [-0.2, -0.15) is 0 Å². The number of esters is 1. The molecule has 4 aliphatic heterocycles. The van der Waals surface area contributed by atoms with Gasteiger partial charge in [0, 0.05) is 67.2 Å². The molecule has 18 nitrogen and oxygen atoms in total. The predicted molar refractivity (Wildman–Crippen MR) is 295 cm³/mol. The molecule has 0 radical (unpaired) electrons. The number of aliphatic hydroxyl groups excluding tert-OH is 3. The summed E-state index contributed by atoms with van der Waals surface area (Å²) in [6.07, 6.45) is 14.4. The van der Waals surface area contributed by atoms with Gasteiger partial charge in [-0.25, -0.2) is 5.43 Å². The third-order valence-corrected chi connectivity index (χ3v) is 17.1. The van der Waals surface area contributed by atoms with Crippen LogP contribution in [0.15, 0.2) is 82.7 Å². The maximum atomic E-state index is 14.9. The van der Waals surface area contributed by atoms with Crippen molar-refractivity contribution in [3.05, 3.63) is 94.0 Å². The van der Waals surface area contributed by atoms with E-state index in [0.717, 1.165) is 24.0 Å². The number of ether oxygens (including phenoxy) is 2. The van der Waals surface area contributed by atoms with Crippen LogP contribution < -0.4 is 26.9 Å². The Hall–Kier alpha value is -5.53. The van der Waals surface area contributed by atoms with Crippen LogP contribution in [0.4, 0.5) is 0 Å². The standard InChI is InChI=1S/C60H88N6O12/c1-11-42-31-39(8)60(64-54(42)72)38(7)30-37(6)50(78-60)32-48(69)35(4)20-14-12-15-21-36(5)49-25-17-13-16-24-47(68)41(10)53(71)43(28-27-40(9)67)55(73)62-52(34(2)3)56(74)63-59(33-44(59)45-22-18-26-51(70)61-45)58(76)66-29-19-23-46(65-66)57(75)77-49/h12-13,15-18,21-22,24,26,30,34-35,37,39,41-44,46-50,52-53,65,68-69,71H,11,14,19-20,23,25,27-29,31-33H2,1-10H3,(H,61,70)(H,62,73)(H,63,74)(H,64,72)/b15-12+,17-13+,24-16+,36-21+/t35-,37+,39-,41-,42-,43+,44?,46?,47-,48-,49-,50-,52-,53+,59?,60-/m0/s1. The van der Waals surface area contributed by atoms with E-state index in [1.807, 2.05) is 45.9 Å². The van der Waals surface area contributed by atoms with Crippen molar-refractivity contribution < 1.29 is 53.6 Å². The molecule has 430 valence electrons. The summed E-state index contributed by atoms with van der Waals surface area (Å²) in [6.45, 7) is 18.7. The molecule has 78 heavy (non-hydrogen) atoms. The van der Waals surface area contributed by atoms with Crippen LogP contribution in [0.5, 0.6) is 0 Å². The van der Waals surface area contributed by atoms with Crippen molar-refractivity contribution in [2.24, 2.45) is 41.4 Å². The topological polar surface area (TPSA) is 266 Å². The highest BCUT2D eigenvalue weighted by Crippen LogP contribution is 2.52. The first kappa shape index (κ1) is 61.7. The van der Waals surface area contributed by atoms with Gasteiger partial charge in [-0.1, -0.05) is 103 Å². The van der Waals surface area contributed by atoms with Crippen LogP contribution >= 0.6 is 0 Å². The van der Waals surface area contributed by atoms with E-state index < -0.39 is 101 Å². The van der Waals surface area contributed by atoms with Crippen molar-refractivity contribution in [1.82, 2.24) is 31.4 Å². The Morgan fingerprint density at radius 1 is 0.987 bits per heavy atom. The zero-order valence-corrected chi connectivity index (χ0v) is 47.5. The van der Waals surface area contributed by atoms with Crippen molar-refractivity contribution in [3.63, 3.8) is 0 Å². The molecule has 8 N–H and O–H groups in total. The summed E-state index contributed by atoms with van der Waals surface area (Å²) in [7, 11) is 0. The van der Waals surface area contributed by atoms with Crippen molar-refractivity contribution in [2.75, 3.05) is 6.54 Å². The smallest absolute Gasteiger partial charge is 0.325 e. The van der Waals surface area contributed by atoms with Gasteiger partial charge in [0.2, 0.25) is 23.3 Å². The number of hydrogen-bond acceptors (Lipinski definition) is 13. The number of pyridine rings is 1. The minimum Gasteiger partial charge on any atom is -0.456 e. The summed E-state index contributed by atoms with van der Waals surface area (Å²) in [6, 6.07) is 2.41. The molecule has 5 aliphatic rings. The zero-order chi connectivity index (χ0) is 57.2. The molecule has 3 fully saturated rings. The van der Waals surface area contributed by atoms with Gasteiger partial charge in [-0.05, 0) is 101 Å². The number of ketones is 1.